The van der Waals surface area contributed by atoms with Crippen molar-refractivity contribution < 1.29 is 19.1 Å². The molecule has 1 heterocycles. The summed E-state index contributed by atoms with van der Waals surface area (Å²) in [5, 5.41) is 0. The Kier molecular flexibility index (Phi) is 5.62. The predicted octanol–water partition coefficient (Wildman–Crippen LogP) is 2.22. The highest BCUT2D eigenvalue weighted by Crippen LogP contribution is 2.19. The number of esters is 1. The summed E-state index contributed by atoms with van der Waals surface area (Å²) in [5.41, 5.74) is 5.75. The van der Waals surface area contributed by atoms with E-state index >= 15 is 0 Å². The molecule has 0 saturated carbocycles. The van der Waals surface area contributed by atoms with Gasteiger partial charge in [-0.1, -0.05) is 11.6 Å². The van der Waals surface area contributed by atoms with Gasteiger partial charge in [-0.3, -0.25) is 4.79 Å². The number of nitrogens with two attached hydrogens (primary N) is 1. The van der Waals surface area contributed by atoms with Crippen LogP contribution >= 0.6 is 0 Å². The second kappa shape index (κ2) is 6.69. The molecule has 0 aromatic heterocycles. The Balaban J connectivity index is 2.47. The molecular weight excluding hydrogens is 284 g/mol. The molecule has 6 heteroatoms. The molecule has 1 aliphatic rings. The van der Waals surface area contributed by atoms with E-state index in [1.807, 2.05) is 26.8 Å². The predicted molar refractivity (Wildman–Crippen MR) is 84.3 cm³/mol. The Labute approximate surface area is 132 Å². The molecule has 1 aliphatic heterocycles. The van der Waals surface area contributed by atoms with E-state index in [0.29, 0.717) is 19.5 Å². The van der Waals surface area contributed by atoms with Gasteiger partial charge in [-0.25, -0.2) is 4.79 Å². The van der Waals surface area contributed by atoms with Crippen LogP contribution in [0, 0.1) is 0 Å². The lowest BCUT2D eigenvalue weighted by Crippen LogP contribution is -2.38. The fourth-order valence-corrected chi connectivity index (χ4v) is 1.97. The van der Waals surface area contributed by atoms with Gasteiger partial charge in [0.15, 0.2) is 0 Å². The van der Waals surface area contributed by atoms with Crippen LogP contribution in [-0.4, -0.2) is 47.3 Å². The average molecular weight is 312 g/mol. The summed E-state index contributed by atoms with van der Waals surface area (Å²) in [6, 6.07) is -0.718. The molecule has 0 aromatic rings. The van der Waals surface area contributed by atoms with Gasteiger partial charge in [0.25, 0.3) is 0 Å². The lowest BCUT2D eigenvalue weighted by molar-refractivity contribution is -0.156. The van der Waals surface area contributed by atoms with Gasteiger partial charge in [-0.05, 0) is 48.0 Å². The van der Waals surface area contributed by atoms with Crippen molar-refractivity contribution in [3.63, 3.8) is 0 Å². The van der Waals surface area contributed by atoms with Gasteiger partial charge in [0.05, 0.1) is 0 Å². The quantitative estimate of drug-likeness (QED) is 0.638. The molecule has 0 spiro atoms. The van der Waals surface area contributed by atoms with Crippen molar-refractivity contribution in [2.24, 2.45) is 5.73 Å². The molecule has 0 bridgehead atoms. The summed E-state index contributed by atoms with van der Waals surface area (Å²) in [6.45, 7) is 11.8. The first kappa shape index (κ1) is 18.5. The van der Waals surface area contributed by atoms with Crippen LogP contribution in [0.2, 0.25) is 0 Å². The Morgan fingerprint density at radius 1 is 1.18 bits per heavy atom. The number of hydrogen-bond donors (Lipinski definition) is 1. The third kappa shape index (κ3) is 6.47. The summed E-state index contributed by atoms with van der Waals surface area (Å²) in [4.78, 5) is 25.4. The van der Waals surface area contributed by atoms with E-state index in [-0.39, 0.29) is 6.09 Å². The maximum absolute atomic E-state index is 12.0. The van der Waals surface area contributed by atoms with Gasteiger partial charge in [0, 0.05) is 13.1 Å². The summed E-state index contributed by atoms with van der Waals surface area (Å²) < 4.78 is 10.6. The van der Waals surface area contributed by atoms with Gasteiger partial charge in [-0.2, -0.15) is 0 Å². The van der Waals surface area contributed by atoms with Crippen LogP contribution in [0.4, 0.5) is 4.79 Å². The molecule has 22 heavy (non-hydrogen) atoms. The first-order chi connectivity index (χ1) is 9.87. The van der Waals surface area contributed by atoms with E-state index in [2.05, 4.69) is 0 Å². The van der Waals surface area contributed by atoms with Gasteiger partial charge < -0.3 is 20.1 Å². The molecule has 1 amide bonds. The molecule has 6 nitrogen and oxygen atoms in total. The molecule has 0 radical (unpaired) electrons. The number of rotatable bonds is 3. The topological polar surface area (TPSA) is 81.9 Å². The Hall–Kier alpha value is -1.56. The van der Waals surface area contributed by atoms with E-state index in [4.69, 9.17) is 15.2 Å². The number of carbonyl (C=O) groups excluding carboxylic acids is 2. The van der Waals surface area contributed by atoms with Crippen LogP contribution in [0.15, 0.2) is 11.6 Å². The van der Waals surface area contributed by atoms with Crippen molar-refractivity contribution in [3.05, 3.63) is 11.6 Å². The third-order valence-electron chi connectivity index (χ3n) is 2.84. The summed E-state index contributed by atoms with van der Waals surface area (Å²) >= 11 is 0. The molecule has 1 rings (SSSR count). The molecule has 0 aliphatic carbocycles. The fourth-order valence-electron chi connectivity index (χ4n) is 1.97. The first-order valence-electron chi connectivity index (χ1n) is 7.52. The van der Waals surface area contributed by atoms with Crippen LogP contribution in [-0.2, 0) is 14.3 Å². The third-order valence-corrected chi connectivity index (χ3v) is 2.84. The van der Waals surface area contributed by atoms with Gasteiger partial charge in [-0.15, -0.1) is 0 Å². The van der Waals surface area contributed by atoms with Crippen LogP contribution in [0.3, 0.4) is 0 Å². The van der Waals surface area contributed by atoms with E-state index in [9.17, 15) is 9.59 Å². The molecule has 0 aromatic carbocycles. The Morgan fingerprint density at radius 2 is 1.73 bits per heavy atom. The molecule has 2 N–H and O–H groups in total. The van der Waals surface area contributed by atoms with E-state index < -0.39 is 23.2 Å². The number of carbonyl (C=O) groups is 2. The maximum atomic E-state index is 12.0. The monoisotopic (exact) mass is 312 g/mol. The zero-order valence-electron chi connectivity index (χ0n) is 14.4. The largest absolute Gasteiger partial charge is 0.459 e. The van der Waals surface area contributed by atoms with E-state index in [1.165, 1.54) is 0 Å². The second-order valence-electron chi connectivity index (χ2n) is 7.57. The van der Waals surface area contributed by atoms with Crippen molar-refractivity contribution >= 4 is 12.1 Å². The minimum absolute atomic E-state index is 0.357. The standard InChI is InChI=1S/C16H28N2O4/c1-15(2,3)21-13(19)12(17)9-11-7-8-18(10-11)14(20)22-16(4,5)6/h7,12H,8-10,17H2,1-6H3. The van der Waals surface area contributed by atoms with Crippen molar-refractivity contribution in [2.45, 2.75) is 65.2 Å². The van der Waals surface area contributed by atoms with Crippen LogP contribution < -0.4 is 5.73 Å². The van der Waals surface area contributed by atoms with Gasteiger partial charge in [0.1, 0.15) is 17.2 Å². The van der Waals surface area contributed by atoms with Crippen molar-refractivity contribution in [2.75, 3.05) is 13.1 Å². The number of amides is 1. The zero-order chi connectivity index (χ0) is 17.1. The smallest absolute Gasteiger partial charge is 0.410 e. The van der Waals surface area contributed by atoms with E-state index in [1.54, 1.807) is 25.7 Å². The van der Waals surface area contributed by atoms with Crippen molar-refractivity contribution in [1.82, 2.24) is 4.90 Å². The highest BCUT2D eigenvalue weighted by atomic mass is 16.6. The van der Waals surface area contributed by atoms with E-state index in [0.717, 1.165) is 5.57 Å². The first-order valence-corrected chi connectivity index (χ1v) is 7.52. The van der Waals surface area contributed by atoms with Crippen LogP contribution in [0.5, 0.6) is 0 Å². The average Bonchev–Trinajstić information content (AvgIpc) is 2.72. The minimum Gasteiger partial charge on any atom is -0.459 e. The number of hydrogen-bond acceptors (Lipinski definition) is 5. The molecule has 126 valence electrons. The number of ether oxygens (including phenoxy) is 2. The number of nitrogens with zero attached hydrogens (tertiary/aromatic N) is 1. The molecule has 1 atom stereocenters. The lowest BCUT2D eigenvalue weighted by atomic mass is 10.1. The minimum atomic E-state index is -0.718. The molecule has 1 unspecified atom stereocenters. The van der Waals surface area contributed by atoms with Crippen LogP contribution in [0.1, 0.15) is 48.0 Å². The second-order valence-corrected chi connectivity index (χ2v) is 7.57. The summed E-state index contributed by atoms with van der Waals surface area (Å²) in [5.74, 6) is -0.427. The maximum Gasteiger partial charge on any atom is 0.410 e. The van der Waals surface area contributed by atoms with Gasteiger partial charge >= 0.3 is 12.1 Å². The molecular formula is C16H28N2O4. The van der Waals surface area contributed by atoms with Crippen molar-refractivity contribution in [3.8, 4) is 0 Å². The zero-order valence-corrected chi connectivity index (χ0v) is 14.4. The van der Waals surface area contributed by atoms with Gasteiger partial charge in [0.2, 0.25) is 0 Å². The van der Waals surface area contributed by atoms with Crippen molar-refractivity contribution in [1.29, 1.82) is 0 Å². The highest BCUT2D eigenvalue weighted by Gasteiger charge is 2.28. The Bertz CT molecular complexity index is 458. The summed E-state index contributed by atoms with van der Waals surface area (Å²) in [6.07, 6.45) is 1.94. The summed E-state index contributed by atoms with van der Waals surface area (Å²) in [7, 11) is 0. The fraction of sp³-hybridized carbons (Fsp3) is 0.750. The normalized spacial score (nSPS) is 17.0. The Morgan fingerprint density at radius 3 is 2.23 bits per heavy atom. The lowest BCUT2D eigenvalue weighted by Gasteiger charge is -2.25. The SMILES string of the molecule is CC(C)(C)OC(=O)C(N)CC1=CCN(C(=O)OC(C)(C)C)C1. The van der Waals surface area contributed by atoms with Crippen LogP contribution in [0.25, 0.3) is 0 Å². The molecule has 0 fully saturated rings. The highest BCUT2D eigenvalue weighted by molar-refractivity contribution is 5.76. The molecule has 0 saturated heterocycles.